The number of hydrogen-bond acceptors (Lipinski definition) is 5. The van der Waals surface area contributed by atoms with Crippen molar-refractivity contribution < 1.29 is 9.21 Å². The topological polar surface area (TPSA) is 70.7 Å². The van der Waals surface area contributed by atoms with Crippen LogP contribution >= 0.6 is 0 Å². The normalized spacial score (nSPS) is 31.6. The molecule has 2 aromatic carbocycles. The maximum atomic E-state index is 13.2. The number of nitrogens with zero attached hydrogens (tertiary/aromatic N) is 3. The van der Waals surface area contributed by atoms with Crippen LogP contribution in [0.25, 0.3) is 11.1 Å². The van der Waals surface area contributed by atoms with Crippen LogP contribution in [0.4, 0.5) is 0 Å². The Labute approximate surface area is 180 Å². The summed E-state index contributed by atoms with van der Waals surface area (Å²) < 4.78 is 6.73. The van der Waals surface area contributed by atoms with Crippen LogP contribution in [0.1, 0.15) is 5.56 Å². The molecule has 4 saturated heterocycles. The molecule has 4 bridgehead atoms. The largest absolute Gasteiger partial charge is 0.420 e. The van der Waals surface area contributed by atoms with Crippen LogP contribution in [0.15, 0.2) is 63.8 Å². The molecule has 7 heteroatoms. The van der Waals surface area contributed by atoms with Gasteiger partial charge in [0.15, 0.2) is 5.58 Å². The Morgan fingerprint density at radius 1 is 1.00 bits per heavy atom. The van der Waals surface area contributed by atoms with Crippen molar-refractivity contribution in [2.24, 2.45) is 5.92 Å². The smallest absolute Gasteiger partial charge is 0.408 e. The summed E-state index contributed by atoms with van der Waals surface area (Å²) in [5.41, 5.74) is 2.30. The first-order valence-electron chi connectivity index (χ1n) is 11.0. The van der Waals surface area contributed by atoms with Crippen molar-refractivity contribution in [2.75, 3.05) is 39.3 Å². The average molecular weight is 418 g/mol. The van der Waals surface area contributed by atoms with Gasteiger partial charge >= 0.3 is 5.76 Å². The van der Waals surface area contributed by atoms with Crippen LogP contribution in [-0.4, -0.2) is 65.6 Å². The summed E-state index contributed by atoms with van der Waals surface area (Å²) >= 11 is 0. The lowest BCUT2D eigenvalue weighted by Gasteiger charge is -2.55. The van der Waals surface area contributed by atoms with Crippen molar-refractivity contribution >= 4 is 17.0 Å². The van der Waals surface area contributed by atoms with Gasteiger partial charge in [-0.15, -0.1) is 0 Å². The molecule has 0 saturated carbocycles. The minimum absolute atomic E-state index is 0.0304. The quantitative estimate of drug-likeness (QED) is 0.691. The Morgan fingerprint density at radius 3 is 2.42 bits per heavy atom. The number of carbonyl (C=O) groups is 1. The number of rotatable bonds is 4. The van der Waals surface area contributed by atoms with E-state index >= 15 is 0 Å². The summed E-state index contributed by atoms with van der Waals surface area (Å²) in [4.78, 5) is 30.7. The van der Waals surface area contributed by atoms with E-state index in [0.717, 1.165) is 39.3 Å². The number of piperidine rings is 2. The molecule has 160 valence electrons. The fourth-order valence-electron chi connectivity index (χ4n) is 6.09. The number of aromatic nitrogens is 1. The maximum Gasteiger partial charge on any atom is 0.420 e. The van der Waals surface area contributed by atoms with E-state index in [0.29, 0.717) is 17.0 Å². The van der Waals surface area contributed by atoms with Crippen LogP contribution in [0.5, 0.6) is 0 Å². The summed E-state index contributed by atoms with van der Waals surface area (Å²) in [5, 5.41) is 3.37. The van der Waals surface area contributed by atoms with Crippen molar-refractivity contribution in [3.05, 3.63) is 70.7 Å². The van der Waals surface area contributed by atoms with Gasteiger partial charge in [-0.05, 0) is 17.7 Å². The second-order valence-electron chi connectivity index (χ2n) is 9.22. The minimum Gasteiger partial charge on any atom is -0.408 e. The van der Waals surface area contributed by atoms with Gasteiger partial charge < -0.3 is 19.5 Å². The average Bonchev–Trinajstić information content (AvgIpc) is 2.90. The highest BCUT2D eigenvalue weighted by Crippen LogP contribution is 2.43. The lowest BCUT2D eigenvalue weighted by molar-refractivity contribution is -0.125. The molecule has 4 aliphatic heterocycles. The molecule has 1 amide bonds. The second kappa shape index (κ2) is 7.07. The molecule has 0 aliphatic carbocycles. The van der Waals surface area contributed by atoms with Crippen molar-refractivity contribution in [3.8, 4) is 0 Å². The molecule has 0 spiro atoms. The number of para-hydroxylation sites is 2. The third-order valence-electron chi connectivity index (χ3n) is 7.34. The first-order chi connectivity index (χ1) is 15.1. The first-order valence-corrected chi connectivity index (χ1v) is 11.0. The molecule has 3 aromatic rings. The third-order valence-corrected chi connectivity index (χ3v) is 7.34. The van der Waals surface area contributed by atoms with Gasteiger partial charge in [-0.3, -0.25) is 9.36 Å². The van der Waals surface area contributed by atoms with Gasteiger partial charge in [0.1, 0.15) is 6.54 Å². The van der Waals surface area contributed by atoms with E-state index < -0.39 is 5.76 Å². The lowest BCUT2D eigenvalue weighted by atomic mass is 9.64. The Hall–Kier alpha value is -2.90. The van der Waals surface area contributed by atoms with E-state index in [1.807, 2.05) is 24.3 Å². The molecule has 3 atom stereocenters. The summed E-state index contributed by atoms with van der Waals surface area (Å²) in [6.07, 6.45) is 0. The summed E-state index contributed by atoms with van der Waals surface area (Å²) in [7, 11) is 0. The highest BCUT2D eigenvalue weighted by atomic mass is 16.4. The molecule has 31 heavy (non-hydrogen) atoms. The zero-order valence-electron chi connectivity index (χ0n) is 17.4. The van der Waals surface area contributed by atoms with Gasteiger partial charge in [0.25, 0.3) is 0 Å². The number of benzene rings is 2. The first kappa shape index (κ1) is 18.8. The Morgan fingerprint density at radius 2 is 1.68 bits per heavy atom. The molecule has 1 N–H and O–H groups in total. The molecule has 2 unspecified atom stereocenters. The second-order valence-corrected chi connectivity index (χ2v) is 9.22. The van der Waals surface area contributed by atoms with Crippen molar-refractivity contribution in [3.63, 3.8) is 0 Å². The summed E-state index contributed by atoms with van der Waals surface area (Å²) in [6, 6.07) is 17.9. The molecular formula is C24H26N4O3. The van der Waals surface area contributed by atoms with Crippen LogP contribution in [0.2, 0.25) is 0 Å². The number of nitrogens with one attached hydrogen (secondary N) is 1. The molecule has 4 fully saturated rings. The lowest BCUT2D eigenvalue weighted by Crippen LogP contribution is -2.70. The number of amides is 1. The van der Waals surface area contributed by atoms with Crippen molar-refractivity contribution in [1.29, 1.82) is 0 Å². The maximum absolute atomic E-state index is 13.2. The molecule has 7 nitrogen and oxygen atoms in total. The summed E-state index contributed by atoms with van der Waals surface area (Å²) in [6.45, 7) is 6.05. The molecule has 5 heterocycles. The zero-order valence-corrected chi connectivity index (χ0v) is 17.4. The molecule has 4 aliphatic rings. The standard InChI is InChI=1S/C24H26N4O3/c29-21(14-28-19-8-4-5-9-20(19)31-23(28)30)25-22-17-12-26-10-11-27(13-17)16-24(22,15-26)18-6-2-1-3-7-18/h1-9,17,22H,10-16H2,(H,25,29)/t17?,22-,24?/m1/s1. The fraction of sp³-hybridized carbons (Fsp3) is 0.417. The Kier molecular flexibility index (Phi) is 4.30. The SMILES string of the molecule is O=C(Cn1c(=O)oc2ccccc21)N[C@@H]1C2CN3CCN(C2)CC1(c1ccccc1)C3. The molecule has 1 aromatic heterocycles. The zero-order chi connectivity index (χ0) is 21.0. The number of carbonyl (C=O) groups excluding carboxylic acids is 1. The van der Waals surface area contributed by atoms with Crippen molar-refractivity contribution in [2.45, 2.75) is 18.0 Å². The van der Waals surface area contributed by atoms with E-state index in [4.69, 9.17) is 4.42 Å². The highest BCUT2D eigenvalue weighted by Gasteiger charge is 2.55. The van der Waals surface area contributed by atoms with Crippen LogP contribution in [-0.2, 0) is 16.8 Å². The van der Waals surface area contributed by atoms with Crippen LogP contribution < -0.4 is 11.1 Å². The fourth-order valence-corrected chi connectivity index (χ4v) is 6.09. The van der Waals surface area contributed by atoms with Gasteiger partial charge in [0, 0.05) is 56.6 Å². The number of hydrogen-bond donors (Lipinski definition) is 1. The monoisotopic (exact) mass is 418 g/mol. The Bertz CT molecular complexity index is 1170. The van der Waals surface area contributed by atoms with Crippen LogP contribution in [0.3, 0.4) is 0 Å². The number of oxazole rings is 1. The third kappa shape index (κ3) is 3.03. The number of fused-ring (bicyclic) bond motifs is 2. The minimum atomic E-state index is -0.492. The van der Waals surface area contributed by atoms with E-state index in [-0.39, 0.29) is 23.9 Å². The Balaban J connectivity index is 1.33. The van der Waals surface area contributed by atoms with Gasteiger partial charge in [-0.25, -0.2) is 4.79 Å². The predicted molar refractivity (Wildman–Crippen MR) is 117 cm³/mol. The highest BCUT2D eigenvalue weighted by molar-refractivity contribution is 5.80. The van der Waals surface area contributed by atoms with Gasteiger partial charge in [-0.2, -0.15) is 0 Å². The van der Waals surface area contributed by atoms with Gasteiger partial charge in [0.05, 0.1) is 5.52 Å². The van der Waals surface area contributed by atoms with E-state index in [1.165, 1.54) is 10.1 Å². The molecule has 7 rings (SSSR count). The molecule has 0 radical (unpaired) electrons. The molecular weight excluding hydrogens is 392 g/mol. The predicted octanol–water partition coefficient (Wildman–Crippen LogP) is 1.28. The van der Waals surface area contributed by atoms with Gasteiger partial charge in [-0.1, -0.05) is 42.5 Å². The van der Waals surface area contributed by atoms with Gasteiger partial charge in [0.2, 0.25) is 5.91 Å². The van der Waals surface area contributed by atoms with E-state index in [9.17, 15) is 9.59 Å². The van der Waals surface area contributed by atoms with E-state index in [2.05, 4.69) is 39.4 Å². The van der Waals surface area contributed by atoms with Crippen molar-refractivity contribution in [1.82, 2.24) is 19.7 Å². The summed E-state index contributed by atoms with van der Waals surface area (Å²) in [5.74, 6) is -0.259. The van der Waals surface area contributed by atoms with Crippen LogP contribution in [0, 0.1) is 5.92 Å². The van der Waals surface area contributed by atoms with E-state index in [1.54, 1.807) is 6.07 Å².